The Hall–Kier alpha value is -3.16. The first-order chi connectivity index (χ1) is 15.5. The molecule has 2 heterocycles. The molecule has 1 saturated heterocycles. The average Bonchev–Trinajstić information content (AvgIpc) is 2.80. The van der Waals surface area contributed by atoms with E-state index in [-0.39, 0.29) is 23.4 Å². The lowest BCUT2D eigenvalue weighted by molar-refractivity contribution is -0.0294. The molecule has 7 heteroatoms. The van der Waals surface area contributed by atoms with Gasteiger partial charge >= 0.3 is 5.97 Å². The van der Waals surface area contributed by atoms with Crippen molar-refractivity contribution in [2.45, 2.75) is 31.6 Å². The number of rotatable bonds is 7. The number of carbonyl (C=O) groups is 1. The summed E-state index contributed by atoms with van der Waals surface area (Å²) in [6.45, 7) is 2.05. The van der Waals surface area contributed by atoms with E-state index in [9.17, 15) is 13.6 Å². The Balaban J connectivity index is 1.42. The smallest absolute Gasteiger partial charge is 0.354 e. The van der Waals surface area contributed by atoms with Gasteiger partial charge in [-0.15, -0.1) is 0 Å². The van der Waals surface area contributed by atoms with Gasteiger partial charge in [0, 0.05) is 25.2 Å². The zero-order valence-corrected chi connectivity index (χ0v) is 17.5. The van der Waals surface area contributed by atoms with Gasteiger partial charge in [-0.3, -0.25) is 4.90 Å². The number of halogens is 2. The molecule has 0 bridgehead atoms. The minimum absolute atomic E-state index is 0.0350. The molecule has 0 saturated carbocycles. The number of carboxylic acids is 1. The van der Waals surface area contributed by atoms with E-state index in [0.29, 0.717) is 23.4 Å². The van der Waals surface area contributed by atoms with Crippen LogP contribution in [-0.4, -0.2) is 40.2 Å². The molecule has 1 aliphatic rings. The molecule has 0 aliphatic carbocycles. The van der Waals surface area contributed by atoms with Crippen LogP contribution in [0.2, 0.25) is 0 Å². The molecule has 1 aliphatic heterocycles. The van der Waals surface area contributed by atoms with Crippen LogP contribution >= 0.6 is 0 Å². The molecule has 3 aromatic rings. The van der Waals surface area contributed by atoms with Gasteiger partial charge in [-0.1, -0.05) is 36.4 Å². The Kier molecular flexibility index (Phi) is 6.87. The summed E-state index contributed by atoms with van der Waals surface area (Å²) in [6, 6.07) is 17.4. The second-order valence-electron chi connectivity index (χ2n) is 7.88. The molecule has 1 fully saturated rings. The zero-order chi connectivity index (χ0) is 22.5. The molecular formula is C25H24F2N2O3. The molecule has 0 amide bonds. The minimum atomic E-state index is -1.04. The second-order valence-corrected chi connectivity index (χ2v) is 7.88. The van der Waals surface area contributed by atoms with Gasteiger partial charge < -0.3 is 9.84 Å². The van der Waals surface area contributed by atoms with Crippen molar-refractivity contribution >= 4 is 5.97 Å². The molecule has 166 valence electrons. The van der Waals surface area contributed by atoms with Crippen molar-refractivity contribution in [3.8, 4) is 0 Å². The summed E-state index contributed by atoms with van der Waals surface area (Å²) in [7, 11) is 0. The zero-order valence-electron chi connectivity index (χ0n) is 17.5. The van der Waals surface area contributed by atoms with Crippen molar-refractivity contribution in [1.82, 2.24) is 9.88 Å². The molecular weight excluding hydrogens is 414 g/mol. The van der Waals surface area contributed by atoms with Crippen LogP contribution in [0.1, 0.15) is 46.3 Å². The highest BCUT2D eigenvalue weighted by molar-refractivity contribution is 5.85. The minimum Gasteiger partial charge on any atom is -0.477 e. The molecule has 1 N–H and O–H groups in total. The van der Waals surface area contributed by atoms with Crippen molar-refractivity contribution in [3.63, 3.8) is 0 Å². The summed E-state index contributed by atoms with van der Waals surface area (Å²) in [6.07, 6.45) is 0.775. The van der Waals surface area contributed by atoms with Gasteiger partial charge in [-0.2, -0.15) is 0 Å². The Morgan fingerprint density at radius 1 is 1.03 bits per heavy atom. The summed E-state index contributed by atoms with van der Waals surface area (Å²) in [5, 5.41) is 9.12. The highest BCUT2D eigenvalue weighted by Crippen LogP contribution is 2.32. The predicted octanol–water partition coefficient (Wildman–Crippen LogP) is 4.83. The van der Waals surface area contributed by atoms with Crippen LogP contribution in [0.5, 0.6) is 0 Å². The molecule has 1 atom stereocenters. The predicted molar refractivity (Wildman–Crippen MR) is 115 cm³/mol. The van der Waals surface area contributed by atoms with E-state index in [0.717, 1.165) is 25.9 Å². The SMILES string of the molecule is O=C(O)c1cccc(CN2CCC(OC(c3ccc(F)cc3)c3ccccc3F)CC2)n1. The lowest BCUT2D eigenvalue weighted by Crippen LogP contribution is -2.37. The normalized spacial score (nSPS) is 16.1. The first kappa shape index (κ1) is 22.0. The van der Waals surface area contributed by atoms with Gasteiger partial charge in [-0.05, 0) is 48.7 Å². The summed E-state index contributed by atoms with van der Waals surface area (Å²) in [5.74, 6) is -1.75. The number of pyridine rings is 1. The van der Waals surface area contributed by atoms with E-state index in [1.165, 1.54) is 24.3 Å². The summed E-state index contributed by atoms with van der Waals surface area (Å²) < 4.78 is 34.3. The third kappa shape index (κ3) is 5.36. The molecule has 1 unspecified atom stereocenters. The Morgan fingerprint density at radius 2 is 1.75 bits per heavy atom. The van der Waals surface area contributed by atoms with Gasteiger partial charge in [0.1, 0.15) is 23.4 Å². The topological polar surface area (TPSA) is 62.7 Å². The second kappa shape index (κ2) is 9.97. The van der Waals surface area contributed by atoms with Crippen LogP contribution in [-0.2, 0) is 11.3 Å². The molecule has 32 heavy (non-hydrogen) atoms. The Morgan fingerprint density at radius 3 is 2.44 bits per heavy atom. The van der Waals surface area contributed by atoms with Gasteiger partial charge in [0.2, 0.25) is 0 Å². The number of benzene rings is 2. The van der Waals surface area contributed by atoms with Gasteiger partial charge in [0.05, 0.1) is 11.8 Å². The lowest BCUT2D eigenvalue weighted by atomic mass is 9.99. The maximum atomic E-state index is 14.5. The number of aromatic nitrogens is 1. The maximum Gasteiger partial charge on any atom is 0.354 e. The molecule has 5 nitrogen and oxygen atoms in total. The Labute approximate surface area is 185 Å². The third-order valence-electron chi connectivity index (χ3n) is 5.64. The van der Waals surface area contributed by atoms with Crippen LogP contribution in [0, 0.1) is 11.6 Å². The van der Waals surface area contributed by atoms with E-state index in [4.69, 9.17) is 9.84 Å². The number of aromatic carboxylic acids is 1. The highest BCUT2D eigenvalue weighted by Gasteiger charge is 2.26. The molecule has 0 spiro atoms. The molecule has 1 aromatic heterocycles. The number of ether oxygens (including phenoxy) is 1. The van der Waals surface area contributed by atoms with E-state index in [1.54, 1.807) is 36.4 Å². The summed E-state index contributed by atoms with van der Waals surface area (Å²) in [5.41, 5.74) is 1.87. The quantitative estimate of drug-likeness (QED) is 0.573. The third-order valence-corrected chi connectivity index (χ3v) is 5.64. The maximum absolute atomic E-state index is 14.5. The number of likely N-dealkylation sites (tertiary alicyclic amines) is 1. The van der Waals surface area contributed by atoms with Crippen LogP contribution < -0.4 is 0 Å². The number of hydrogen-bond acceptors (Lipinski definition) is 4. The number of piperidine rings is 1. The van der Waals surface area contributed by atoms with Crippen molar-refractivity contribution in [2.24, 2.45) is 0 Å². The number of nitrogens with zero attached hydrogens (tertiary/aromatic N) is 2. The van der Waals surface area contributed by atoms with Crippen LogP contribution in [0.25, 0.3) is 0 Å². The van der Waals surface area contributed by atoms with Crippen LogP contribution in [0.3, 0.4) is 0 Å². The lowest BCUT2D eigenvalue weighted by Gasteiger charge is -2.34. The standard InChI is InChI=1S/C25H24F2N2O3/c26-18-10-8-17(9-11-18)24(21-5-1-2-6-22(21)27)32-20-12-14-29(15-13-20)16-19-4-3-7-23(28-19)25(30)31/h1-11,20,24H,12-16H2,(H,30,31). The molecule has 4 rings (SSSR count). The molecule has 2 aromatic carbocycles. The number of hydrogen-bond donors (Lipinski definition) is 1. The van der Waals surface area contributed by atoms with Crippen molar-refractivity contribution in [2.75, 3.05) is 13.1 Å². The summed E-state index contributed by atoms with van der Waals surface area (Å²) in [4.78, 5) is 17.5. The van der Waals surface area contributed by atoms with E-state index in [2.05, 4.69) is 9.88 Å². The monoisotopic (exact) mass is 438 g/mol. The van der Waals surface area contributed by atoms with Gasteiger partial charge in [0.25, 0.3) is 0 Å². The van der Waals surface area contributed by atoms with Gasteiger partial charge in [-0.25, -0.2) is 18.6 Å². The van der Waals surface area contributed by atoms with Gasteiger partial charge in [0.15, 0.2) is 0 Å². The fraction of sp³-hybridized carbons (Fsp3) is 0.280. The van der Waals surface area contributed by atoms with Crippen molar-refractivity contribution in [1.29, 1.82) is 0 Å². The fourth-order valence-corrected chi connectivity index (χ4v) is 3.97. The molecule has 0 radical (unpaired) electrons. The Bertz CT molecular complexity index is 1070. The fourth-order valence-electron chi connectivity index (χ4n) is 3.97. The van der Waals surface area contributed by atoms with Crippen molar-refractivity contribution in [3.05, 3.63) is 101 Å². The van der Waals surface area contributed by atoms with E-state index < -0.39 is 12.1 Å². The van der Waals surface area contributed by atoms with E-state index >= 15 is 0 Å². The van der Waals surface area contributed by atoms with Crippen molar-refractivity contribution < 1.29 is 23.4 Å². The summed E-state index contributed by atoms with van der Waals surface area (Å²) >= 11 is 0. The average molecular weight is 438 g/mol. The van der Waals surface area contributed by atoms with Crippen LogP contribution in [0.15, 0.2) is 66.7 Å². The van der Waals surface area contributed by atoms with E-state index in [1.807, 2.05) is 6.07 Å². The first-order valence-corrected chi connectivity index (χ1v) is 10.6. The highest BCUT2D eigenvalue weighted by atomic mass is 19.1. The first-order valence-electron chi connectivity index (χ1n) is 10.6. The van der Waals surface area contributed by atoms with Crippen LogP contribution in [0.4, 0.5) is 8.78 Å². The number of carboxylic acid groups (broad SMARTS) is 1. The largest absolute Gasteiger partial charge is 0.477 e.